The van der Waals surface area contributed by atoms with Crippen LogP contribution in [0, 0.1) is 0 Å². The minimum atomic E-state index is -2.39. The van der Waals surface area contributed by atoms with Crippen LogP contribution in [0.2, 0.25) is 0 Å². The van der Waals surface area contributed by atoms with Crippen molar-refractivity contribution >= 4 is 29.4 Å². The molecule has 0 saturated heterocycles. The summed E-state index contributed by atoms with van der Waals surface area (Å²) >= 11 is 2.22. The zero-order valence-corrected chi connectivity index (χ0v) is 6.97. The molecular weight excluding hydrogens is 181 g/mol. The van der Waals surface area contributed by atoms with E-state index in [1.54, 1.807) is 0 Å². The summed E-state index contributed by atoms with van der Waals surface area (Å²) in [5.74, 6) is 0. The summed E-state index contributed by atoms with van der Waals surface area (Å²) in [5, 5.41) is 0. The molecule has 0 heterocycles. The van der Waals surface area contributed by atoms with Crippen molar-refractivity contribution in [3.05, 3.63) is 0 Å². The van der Waals surface area contributed by atoms with Crippen molar-refractivity contribution in [1.29, 1.82) is 0 Å². The van der Waals surface area contributed by atoms with Gasteiger partial charge >= 0.3 is 0 Å². The molecule has 0 aromatic rings. The molecular formula is CH7N3O2PS2-. The first-order valence-electron chi connectivity index (χ1n) is 1.91. The third kappa shape index (κ3) is 8.64. The monoisotopic (exact) mass is 188 g/mol. The molecule has 0 rings (SSSR count). The molecule has 0 aliphatic carbocycles. The highest BCUT2D eigenvalue weighted by Gasteiger charge is 1.99. The lowest BCUT2D eigenvalue weighted by molar-refractivity contribution is 0.527. The lowest BCUT2D eigenvalue weighted by atomic mass is 11.5. The van der Waals surface area contributed by atoms with Crippen LogP contribution in [0.25, 0.3) is 0 Å². The number of rotatable bonds is 3. The first kappa shape index (κ1) is 9.64. The van der Waals surface area contributed by atoms with E-state index >= 15 is 0 Å². The van der Waals surface area contributed by atoms with Crippen molar-refractivity contribution in [3.8, 4) is 0 Å². The zero-order chi connectivity index (χ0) is 7.49. The first-order valence-corrected chi connectivity index (χ1v) is 6.11. The SMILES string of the molecule is NP(N)(=S)CNS(=O)[O-]. The van der Waals surface area contributed by atoms with Crippen LogP contribution >= 0.6 is 6.34 Å². The molecule has 0 aliphatic heterocycles. The largest absolute Gasteiger partial charge is 0.760 e. The minimum absolute atomic E-state index is 0.0293. The normalized spacial score (nSPS) is 15.4. The van der Waals surface area contributed by atoms with E-state index in [2.05, 4.69) is 11.8 Å². The van der Waals surface area contributed by atoms with Crippen molar-refractivity contribution in [3.63, 3.8) is 0 Å². The average molecular weight is 188 g/mol. The summed E-state index contributed by atoms with van der Waals surface area (Å²) in [6.45, 7) is 0. The first-order chi connectivity index (χ1) is 3.92. The lowest BCUT2D eigenvalue weighted by Crippen LogP contribution is -2.23. The quantitative estimate of drug-likeness (QED) is 0.371. The molecule has 0 radical (unpaired) electrons. The van der Waals surface area contributed by atoms with E-state index in [1.165, 1.54) is 0 Å². The topological polar surface area (TPSA) is 104 Å². The minimum Gasteiger partial charge on any atom is -0.760 e. The second-order valence-corrected chi connectivity index (χ2v) is 6.21. The van der Waals surface area contributed by atoms with Gasteiger partial charge in [-0.15, -0.1) is 0 Å². The molecule has 0 aliphatic rings. The second-order valence-electron chi connectivity index (χ2n) is 1.39. The standard InChI is InChI=1S/CH8N3O2PS2/c2-7(3,8)1-4-9(5)6/h4H,1H2,(H,5,6)(H4,2,3,8)/p-1. The Kier molecular flexibility index (Phi) is 3.99. The van der Waals surface area contributed by atoms with Crippen LogP contribution in [0.5, 0.6) is 0 Å². The van der Waals surface area contributed by atoms with Crippen molar-refractivity contribution < 1.29 is 8.76 Å². The molecule has 0 spiro atoms. The van der Waals surface area contributed by atoms with Crippen LogP contribution in [-0.2, 0) is 23.1 Å². The average Bonchev–Trinajstić information content (AvgIpc) is 1.59. The van der Waals surface area contributed by atoms with Gasteiger partial charge in [0, 0.05) is 11.3 Å². The van der Waals surface area contributed by atoms with E-state index in [-0.39, 0.29) is 6.29 Å². The van der Waals surface area contributed by atoms with Crippen LogP contribution in [0.3, 0.4) is 0 Å². The molecule has 0 saturated carbocycles. The van der Waals surface area contributed by atoms with Crippen LogP contribution in [0.15, 0.2) is 0 Å². The molecule has 0 bridgehead atoms. The predicted octanol–water partition coefficient (Wildman–Crippen LogP) is -1.45. The Bertz CT molecular complexity index is 154. The van der Waals surface area contributed by atoms with E-state index in [9.17, 15) is 8.76 Å². The lowest BCUT2D eigenvalue weighted by Gasteiger charge is -2.12. The Balaban J connectivity index is 3.53. The van der Waals surface area contributed by atoms with E-state index < -0.39 is 17.6 Å². The van der Waals surface area contributed by atoms with Crippen molar-refractivity contribution in [2.45, 2.75) is 0 Å². The number of nitrogens with one attached hydrogen (secondary N) is 1. The molecule has 56 valence electrons. The zero-order valence-electron chi connectivity index (χ0n) is 4.44. The molecule has 5 N–H and O–H groups in total. The van der Waals surface area contributed by atoms with Gasteiger partial charge in [-0.3, -0.25) is 15.2 Å². The van der Waals surface area contributed by atoms with Crippen molar-refractivity contribution in [1.82, 2.24) is 4.72 Å². The maximum atomic E-state index is 9.80. The van der Waals surface area contributed by atoms with Gasteiger partial charge in [-0.05, 0) is 0 Å². The van der Waals surface area contributed by atoms with Crippen LogP contribution in [0.1, 0.15) is 0 Å². The fourth-order valence-electron chi connectivity index (χ4n) is 0.154. The summed E-state index contributed by atoms with van der Waals surface area (Å²) in [4.78, 5) is 0. The second kappa shape index (κ2) is 3.72. The highest BCUT2D eigenvalue weighted by Crippen LogP contribution is 2.21. The van der Waals surface area contributed by atoms with E-state index in [0.29, 0.717) is 0 Å². The number of hydrogen-bond donors (Lipinski definition) is 3. The molecule has 0 aromatic heterocycles. The van der Waals surface area contributed by atoms with E-state index in [0.717, 1.165) is 0 Å². The van der Waals surface area contributed by atoms with Gasteiger partial charge < -0.3 is 4.55 Å². The third-order valence-corrected chi connectivity index (χ3v) is 2.06. The van der Waals surface area contributed by atoms with Gasteiger partial charge in [-0.1, -0.05) is 11.8 Å². The third-order valence-electron chi connectivity index (χ3n) is 0.430. The summed E-state index contributed by atoms with van der Waals surface area (Å²) in [6, 6.07) is 0. The number of hydrogen-bond acceptors (Lipinski definition) is 3. The predicted molar refractivity (Wildman–Crippen MR) is 39.6 cm³/mol. The van der Waals surface area contributed by atoms with Gasteiger partial charge in [0.2, 0.25) is 0 Å². The fourth-order valence-corrected chi connectivity index (χ4v) is 1.86. The Morgan fingerprint density at radius 1 is 1.78 bits per heavy atom. The Labute approximate surface area is 60.7 Å². The van der Waals surface area contributed by atoms with Crippen molar-refractivity contribution in [2.75, 3.05) is 6.29 Å². The molecule has 1 unspecified atom stereocenters. The molecule has 0 amide bonds. The van der Waals surface area contributed by atoms with Gasteiger partial charge in [0.05, 0.1) is 12.6 Å². The highest BCUT2D eigenvalue weighted by molar-refractivity contribution is 8.12. The summed E-state index contributed by atoms with van der Waals surface area (Å²) in [6.07, 6.45) is -2.42. The smallest absolute Gasteiger partial charge is 0.0815 e. The molecule has 9 heavy (non-hydrogen) atoms. The van der Waals surface area contributed by atoms with Gasteiger partial charge in [0.1, 0.15) is 0 Å². The Hall–Kier alpha value is 0.640. The van der Waals surface area contributed by atoms with Gasteiger partial charge in [0.25, 0.3) is 0 Å². The summed E-state index contributed by atoms with van der Waals surface area (Å²) in [7, 11) is 0. The summed E-state index contributed by atoms with van der Waals surface area (Å²) < 4.78 is 21.6. The molecule has 1 atom stereocenters. The Morgan fingerprint density at radius 3 is 2.33 bits per heavy atom. The van der Waals surface area contributed by atoms with Gasteiger partial charge in [-0.25, -0.2) is 4.72 Å². The number of nitrogens with two attached hydrogens (primary N) is 2. The molecule has 8 heteroatoms. The van der Waals surface area contributed by atoms with Gasteiger partial charge in [0.15, 0.2) is 0 Å². The van der Waals surface area contributed by atoms with Crippen LogP contribution in [0.4, 0.5) is 0 Å². The molecule has 0 aromatic carbocycles. The van der Waals surface area contributed by atoms with E-state index in [4.69, 9.17) is 11.0 Å². The summed E-state index contributed by atoms with van der Waals surface area (Å²) in [5.41, 5.74) is 10.3. The maximum absolute atomic E-state index is 9.80. The molecule has 5 nitrogen and oxygen atoms in total. The molecule has 0 fully saturated rings. The van der Waals surface area contributed by atoms with Crippen LogP contribution < -0.4 is 15.7 Å². The Morgan fingerprint density at radius 2 is 2.22 bits per heavy atom. The van der Waals surface area contributed by atoms with Gasteiger partial charge in [-0.2, -0.15) is 0 Å². The van der Waals surface area contributed by atoms with E-state index in [1.807, 2.05) is 4.72 Å². The fraction of sp³-hybridized carbons (Fsp3) is 1.00. The highest BCUT2D eigenvalue weighted by atomic mass is 32.4. The van der Waals surface area contributed by atoms with Crippen molar-refractivity contribution in [2.24, 2.45) is 11.0 Å². The van der Waals surface area contributed by atoms with Crippen LogP contribution in [-0.4, -0.2) is 15.0 Å². The maximum Gasteiger partial charge on any atom is 0.0815 e.